The Labute approximate surface area is 122 Å². The van der Waals surface area contributed by atoms with E-state index < -0.39 is 5.97 Å². The van der Waals surface area contributed by atoms with Gasteiger partial charge < -0.3 is 14.9 Å². The maximum Gasteiger partial charge on any atom is 0.303 e. The third-order valence-corrected chi connectivity index (χ3v) is 4.76. The van der Waals surface area contributed by atoms with Crippen LogP contribution in [0.1, 0.15) is 26.2 Å². The second-order valence-electron chi connectivity index (χ2n) is 6.35. The summed E-state index contributed by atoms with van der Waals surface area (Å²) in [6.07, 6.45) is 2.60. The molecule has 2 saturated heterocycles. The van der Waals surface area contributed by atoms with Gasteiger partial charge in [-0.15, -0.1) is 0 Å². The molecule has 0 aromatic rings. The van der Waals surface area contributed by atoms with E-state index in [9.17, 15) is 9.90 Å². The van der Waals surface area contributed by atoms with Crippen molar-refractivity contribution in [2.24, 2.45) is 5.92 Å². The molecule has 0 radical (unpaired) electrons. The first-order valence-electron chi connectivity index (χ1n) is 7.97. The molecule has 0 spiro atoms. The SMILES string of the molecule is CCCN1CCC(N2CCN(C)CC2)C(CC(=O)O)C1. The van der Waals surface area contributed by atoms with E-state index in [1.54, 1.807) is 0 Å². The van der Waals surface area contributed by atoms with Gasteiger partial charge in [-0.05, 0) is 38.9 Å². The van der Waals surface area contributed by atoms with Crippen molar-refractivity contribution in [2.75, 3.05) is 52.9 Å². The molecule has 2 unspecified atom stereocenters. The summed E-state index contributed by atoms with van der Waals surface area (Å²) in [7, 11) is 2.16. The largest absolute Gasteiger partial charge is 0.481 e. The van der Waals surface area contributed by atoms with Gasteiger partial charge in [0.15, 0.2) is 0 Å². The van der Waals surface area contributed by atoms with E-state index in [1.165, 1.54) is 0 Å². The molecule has 0 aromatic heterocycles. The van der Waals surface area contributed by atoms with Crippen LogP contribution in [0.3, 0.4) is 0 Å². The van der Waals surface area contributed by atoms with Gasteiger partial charge in [0.2, 0.25) is 0 Å². The highest BCUT2D eigenvalue weighted by Gasteiger charge is 2.35. The number of hydrogen-bond acceptors (Lipinski definition) is 4. The number of piperazine rings is 1. The molecule has 0 saturated carbocycles. The topological polar surface area (TPSA) is 47.0 Å². The van der Waals surface area contributed by atoms with Crippen molar-refractivity contribution in [2.45, 2.75) is 32.2 Å². The van der Waals surface area contributed by atoms with Crippen LogP contribution in [0.2, 0.25) is 0 Å². The second kappa shape index (κ2) is 7.38. The van der Waals surface area contributed by atoms with Gasteiger partial charge in [-0.1, -0.05) is 6.92 Å². The first-order chi connectivity index (χ1) is 9.60. The van der Waals surface area contributed by atoms with E-state index in [0.29, 0.717) is 12.5 Å². The molecule has 1 N–H and O–H groups in total. The summed E-state index contributed by atoms with van der Waals surface area (Å²) in [5.74, 6) is -0.358. The molecule has 20 heavy (non-hydrogen) atoms. The molecule has 2 atom stereocenters. The van der Waals surface area contributed by atoms with Gasteiger partial charge in [0, 0.05) is 38.8 Å². The van der Waals surface area contributed by atoms with E-state index in [0.717, 1.165) is 58.7 Å². The number of hydrogen-bond donors (Lipinski definition) is 1. The fraction of sp³-hybridized carbons (Fsp3) is 0.933. The molecule has 2 aliphatic heterocycles. The summed E-state index contributed by atoms with van der Waals surface area (Å²) in [5, 5.41) is 9.19. The maximum atomic E-state index is 11.2. The highest BCUT2D eigenvalue weighted by Crippen LogP contribution is 2.26. The minimum Gasteiger partial charge on any atom is -0.481 e. The van der Waals surface area contributed by atoms with Crippen LogP contribution in [-0.2, 0) is 4.79 Å². The molecule has 116 valence electrons. The number of carboxylic acids is 1. The minimum atomic E-state index is -0.646. The number of nitrogens with zero attached hydrogens (tertiary/aromatic N) is 3. The van der Waals surface area contributed by atoms with Crippen molar-refractivity contribution in [3.8, 4) is 0 Å². The summed E-state index contributed by atoms with van der Waals surface area (Å²) in [4.78, 5) is 18.5. The molecular weight excluding hydrogens is 254 g/mol. The Bertz CT molecular complexity index is 316. The monoisotopic (exact) mass is 283 g/mol. The van der Waals surface area contributed by atoms with Crippen molar-refractivity contribution >= 4 is 5.97 Å². The number of carbonyl (C=O) groups is 1. The lowest BCUT2D eigenvalue weighted by atomic mass is 9.87. The number of likely N-dealkylation sites (N-methyl/N-ethyl adjacent to an activating group) is 1. The highest BCUT2D eigenvalue weighted by atomic mass is 16.4. The van der Waals surface area contributed by atoms with Crippen molar-refractivity contribution in [3.05, 3.63) is 0 Å². The molecule has 2 aliphatic rings. The van der Waals surface area contributed by atoms with Crippen molar-refractivity contribution in [1.29, 1.82) is 0 Å². The van der Waals surface area contributed by atoms with E-state index >= 15 is 0 Å². The highest BCUT2D eigenvalue weighted by molar-refractivity contribution is 5.67. The number of rotatable bonds is 5. The summed E-state index contributed by atoms with van der Waals surface area (Å²) >= 11 is 0. The van der Waals surface area contributed by atoms with Crippen LogP contribution in [0.25, 0.3) is 0 Å². The van der Waals surface area contributed by atoms with Crippen LogP contribution in [0.15, 0.2) is 0 Å². The second-order valence-corrected chi connectivity index (χ2v) is 6.35. The van der Waals surface area contributed by atoms with Crippen LogP contribution in [-0.4, -0.2) is 84.7 Å². The Morgan fingerprint density at radius 2 is 1.90 bits per heavy atom. The van der Waals surface area contributed by atoms with E-state index in [1.807, 2.05) is 0 Å². The predicted molar refractivity (Wildman–Crippen MR) is 79.9 cm³/mol. The molecule has 5 nitrogen and oxygen atoms in total. The van der Waals surface area contributed by atoms with Gasteiger partial charge in [-0.25, -0.2) is 0 Å². The maximum absolute atomic E-state index is 11.2. The Kier molecular flexibility index (Phi) is 5.81. The van der Waals surface area contributed by atoms with Gasteiger partial charge in [0.05, 0.1) is 6.42 Å². The van der Waals surface area contributed by atoms with Gasteiger partial charge >= 0.3 is 5.97 Å². The Morgan fingerprint density at radius 1 is 1.20 bits per heavy atom. The van der Waals surface area contributed by atoms with Gasteiger partial charge in [0.1, 0.15) is 0 Å². The molecule has 2 rings (SSSR count). The van der Waals surface area contributed by atoms with Crippen LogP contribution in [0.5, 0.6) is 0 Å². The first-order valence-corrected chi connectivity index (χ1v) is 7.97. The lowest BCUT2D eigenvalue weighted by Gasteiger charge is -2.46. The first kappa shape index (κ1) is 15.7. The van der Waals surface area contributed by atoms with Crippen LogP contribution >= 0.6 is 0 Å². The van der Waals surface area contributed by atoms with E-state index in [4.69, 9.17) is 0 Å². The van der Waals surface area contributed by atoms with E-state index in [-0.39, 0.29) is 5.92 Å². The summed E-state index contributed by atoms with van der Waals surface area (Å²) < 4.78 is 0. The zero-order chi connectivity index (χ0) is 14.5. The van der Waals surface area contributed by atoms with Gasteiger partial charge in [-0.3, -0.25) is 9.69 Å². The van der Waals surface area contributed by atoms with Gasteiger partial charge in [0.25, 0.3) is 0 Å². The van der Waals surface area contributed by atoms with Gasteiger partial charge in [-0.2, -0.15) is 0 Å². The molecule has 0 bridgehead atoms. The average molecular weight is 283 g/mol. The quantitative estimate of drug-likeness (QED) is 0.809. The molecule has 2 heterocycles. The lowest BCUT2D eigenvalue weighted by molar-refractivity contribution is -0.139. The Morgan fingerprint density at radius 3 is 2.50 bits per heavy atom. The molecule has 0 amide bonds. The minimum absolute atomic E-state index is 0.288. The van der Waals surface area contributed by atoms with E-state index in [2.05, 4.69) is 28.7 Å². The fourth-order valence-corrected chi connectivity index (χ4v) is 3.67. The molecule has 5 heteroatoms. The molecule has 0 aliphatic carbocycles. The standard InChI is InChI=1S/C15H29N3O2/c1-3-5-17-6-4-14(13(12-17)11-15(19)20)18-9-7-16(2)8-10-18/h13-14H,3-12H2,1-2H3,(H,19,20). The third kappa shape index (κ3) is 4.17. The molecule has 0 aromatic carbocycles. The smallest absolute Gasteiger partial charge is 0.303 e. The average Bonchev–Trinajstić information content (AvgIpc) is 2.40. The summed E-state index contributed by atoms with van der Waals surface area (Å²) in [5.41, 5.74) is 0. The normalized spacial score (nSPS) is 30.5. The van der Waals surface area contributed by atoms with Crippen molar-refractivity contribution in [1.82, 2.24) is 14.7 Å². The third-order valence-electron chi connectivity index (χ3n) is 4.76. The molecule has 2 fully saturated rings. The Hall–Kier alpha value is -0.650. The fourth-order valence-electron chi connectivity index (χ4n) is 3.67. The van der Waals surface area contributed by atoms with Crippen molar-refractivity contribution in [3.63, 3.8) is 0 Å². The predicted octanol–water partition coefficient (Wildman–Crippen LogP) is 0.809. The number of piperidine rings is 1. The summed E-state index contributed by atoms with van der Waals surface area (Å²) in [6, 6.07) is 0.466. The number of aliphatic carboxylic acids is 1. The van der Waals surface area contributed by atoms with Crippen LogP contribution < -0.4 is 0 Å². The summed E-state index contributed by atoms with van der Waals surface area (Å²) in [6.45, 7) is 9.77. The number of carboxylic acid groups (broad SMARTS) is 1. The lowest BCUT2D eigenvalue weighted by Crippen LogP contribution is -2.56. The molecular formula is C15H29N3O2. The van der Waals surface area contributed by atoms with Crippen LogP contribution in [0.4, 0.5) is 0 Å². The Balaban J connectivity index is 1.96. The van der Waals surface area contributed by atoms with Crippen molar-refractivity contribution < 1.29 is 9.90 Å². The zero-order valence-electron chi connectivity index (χ0n) is 12.9. The van der Waals surface area contributed by atoms with Crippen LogP contribution in [0, 0.1) is 5.92 Å². The zero-order valence-corrected chi connectivity index (χ0v) is 12.9. The number of likely N-dealkylation sites (tertiary alicyclic amines) is 1.